The highest BCUT2D eigenvalue weighted by Gasteiger charge is 2.39. The second kappa shape index (κ2) is 10.6. The van der Waals surface area contributed by atoms with Crippen LogP contribution in [-0.4, -0.2) is 60.8 Å². The number of sulfonamides is 1. The lowest BCUT2D eigenvalue weighted by atomic mass is 10.2. The zero-order chi connectivity index (χ0) is 27.8. The molecule has 14 heteroatoms. The van der Waals surface area contributed by atoms with Gasteiger partial charge < -0.3 is 19.7 Å². The minimum absolute atomic E-state index is 0.145. The van der Waals surface area contributed by atoms with E-state index in [1.165, 1.54) is 21.9 Å². The summed E-state index contributed by atoms with van der Waals surface area (Å²) in [6.07, 6.45) is -1.14. The third kappa shape index (κ3) is 7.02. The van der Waals surface area contributed by atoms with Gasteiger partial charge in [-0.1, -0.05) is 11.6 Å². The highest BCUT2D eigenvalue weighted by atomic mass is 35.5. The fraction of sp³-hybridized carbons (Fsp3) is 0.522. The van der Waals surface area contributed by atoms with Crippen molar-refractivity contribution in [2.75, 3.05) is 22.7 Å². The number of hydrogen-bond acceptors (Lipinski definition) is 9. The number of amides is 2. The molecule has 1 aliphatic rings. The van der Waals surface area contributed by atoms with Gasteiger partial charge in [-0.3, -0.25) is 0 Å². The van der Waals surface area contributed by atoms with Crippen LogP contribution >= 0.6 is 22.9 Å². The van der Waals surface area contributed by atoms with Crippen molar-refractivity contribution in [3.63, 3.8) is 0 Å². The van der Waals surface area contributed by atoms with E-state index in [-0.39, 0.29) is 17.5 Å². The number of carbonyl (C=O) groups is 2. The van der Waals surface area contributed by atoms with Crippen molar-refractivity contribution in [1.82, 2.24) is 9.88 Å². The van der Waals surface area contributed by atoms with E-state index in [4.69, 9.17) is 21.1 Å². The van der Waals surface area contributed by atoms with Crippen LogP contribution in [0.1, 0.15) is 48.0 Å². The molecule has 1 fully saturated rings. The van der Waals surface area contributed by atoms with Crippen molar-refractivity contribution in [3.05, 3.63) is 33.9 Å². The highest BCUT2D eigenvalue weighted by molar-refractivity contribution is 7.93. The number of likely N-dealkylation sites (tertiary alicyclic amines) is 1. The number of hydrogen-bond donors (Lipinski definition) is 1. The second-order valence-corrected chi connectivity index (χ2v) is 13.2. The van der Waals surface area contributed by atoms with Crippen molar-refractivity contribution in [2.45, 2.75) is 70.1 Å². The fourth-order valence-electron chi connectivity index (χ4n) is 3.46. The van der Waals surface area contributed by atoms with Crippen LogP contribution < -0.4 is 9.62 Å². The molecule has 1 N–H and O–H groups in total. The van der Waals surface area contributed by atoms with E-state index in [0.717, 1.165) is 17.4 Å². The molecular weight excluding hydrogens is 547 g/mol. The van der Waals surface area contributed by atoms with Crippen LogP contribution in [0.25, 0.3) is 0 Å². The van der Waals surface area contributed by atoms with E-state index in [0.29, 0.717) is 23.8 Å². The Morgan fingerprint density at radius 3 is 2.41 bits per heavy atom. The van der Waals surface area contributed by atoms with Gasteiger partial charge in [0.25, 0.3) is 10.0 Å². The van der Waals surface area contributed by atoms with Gasteiger partial charge in [0, 0.05) is 24.5 Å². The fourth-order valence-corrected chi connectivity index (χ4v) is 5.66. The van der Waals surface area contributed by atoms with Gasteiger partial charge in [-0.2, -0.15) is 0 Å². The number of nitrogens with zero attached hydrogens (tertiary/aromatic N) is 3. The van der Waals surface area contributed by atoms with E-state index < -0.39 is 49.1 Å². The van der Waals surface area contributed by atoms with Gasteiger partial charge in [-0.25, -0.2) is 27.4 Å². The number of ether oxygens (including phenoxy) is 2. The lowest BCUT2D eigenvalue weighted by Crippen LogP contribution is -2.41. The first-order valence-electron chi connectivity index (χ1n) is 11.4. The average molecular weight is 577 g/mol. The number of rotatable bonds is 5. The van der Waals surface area contributed by atoms with Crippen LogP contribution in [0.4, 0.5) is 25.5 Å². The Kier molecular flexibility index (Phi) is 8.30. The first-order valence-corrected chi connectivity index (χ1v) is 14.1. The summed E-state index contributed by atoms with van der Waals surface area (Å²) in [5.41, 5.74) is -0.172. The summed E-state index contributed by atoms with van der Waals surface area (Å²) in [7, 11) is -4.78. The van der Waals surface area contributed by atoms with Crippen molar-refractivity contribution in [3.8, 4) is 0 Å². The first-order chi connectivity index (χ1) is 17.0. The van der Waals surface area contributed by atoms with Crippen LogP contribution in [0, 0.1) is 5.82 Å². The van der Waals surface area contributed by atoms with Crippen molar-refractivity contribution in [1.29, 1.82) is 0 Å². The van der Waals surface area contributed by atoms with E-state index in [2.05, 4.69) is 10.3 Å². The molecule has 1 aromatic carbocycles. The smallest absolute Gasteiger partial charge is 0.430 e. The van der Waals surface area contributed by atoms with E-state index >= 15 is 4.39 Å². The number of nitrogens with one attached hydrogen (secondary N) is 1. The number of halogens is 2. The molecule has 37 heavy (non-hydrogen) atoms. The minimum Gasteiger partial charge on any atom is -0.444 e. The summed E-state index contributed by atoms with van der Waals surface area (Å²) < 4.78 is 53.2. The quantitative estimate of drug-likeness (QED) is 0.496. The zero-order valence-electron chi connectivity index (χ0n) is 21.4. The molecule has 2 amide bonds. The maximum absolute atomic E-state index is 15.4. The standard InChI is InChI=1S/C23H30ClFN4O6S2/c1-22(2,3)34-20(30)28-10-9-14(11-28)27-15-7-8-16(19(25)18(15)24)37(32,33)29(17-12-36-13-26-17)21(31)35-23(4,5)6/h7-8,12-14,27H,9-11H2,1-6H3/t14-/m0/s1. The molecule has 0 bridgehead atoms. The Labute approximate surface area is 224 Å². The topological polar surface area (TPSA) is 118 Å². The Morgan fingerprint density at radius 1 is 1.19 bits per heavy atom. The summed E-state index contributed by atoms with van der Waals surface area (Å²) in [6, 6.07) is 2.06. The first kappa shape index (κ1) is 28.9. The number of anilines is 2. The summed E-state index contributed by atoms with van der Waals surface area (Å²) in [5.74, 6) is -1.47. The number of thiazole rings is 1. The predicted molar refractivity (Wildman–Crippen MR) is 139 cm³/mol. The molecule has 1 aromatic heterocycles. The average Bonchev–Trinajstić information content (AvgIpc) is 3.41. The molecular formula is C23H30ClFN4O6S2. The largest absolute Gasteiger partial charge is 0.444 e. The summed E-state index contributed by atoms with van der Waals surface area (Å²) in [6.45, 7) is 10.7. The number of benzene rings is 1. The molecule has 0 radical (unpaired) electrons. The zero-order valence-corrected chi connectivity index (χ0v) is 23.8. The summed E-state index contributed by atoms with van der Waals surface area (Å²) >= 11 is 7.28. The van der Waals surface area contributed by atoms with Crippen LogP contribution in [0.2, 0.25) is 5.02 Å². The lowest BCUT2D eigenvalue weighted by Gasteiger charge is -2.26. The van der Waals surface area contributed by atoms with Crippen molar-refractivity contribution < 1.29 is 31.9 Å². The van der Waals surface area contributed by atoms with Gasteiger partial charge in [0.15, 0.2) is 11.6 Å². The summed E-state index contributed by atoms with van der Waals surface area (Å²) in [5, 5.41) is 3.91. The SMILES string of the molecule is CC(C)(C)OC(=O)N1CC[C@H](Nc2ccc(S(=O)(=O)N(C(=O)OC(C)(C)C)c3cscn3)c(F)c2Cl)C1. The maximum Gasteiger partial charge on any atom is 0.430 e. The van der Waals surface area contributed by atoms with E-state index in [1.807, 2.05) is 0 Å². The lowest BCUT2D eigenvalue weighted by molar-refractivity contribution is 0.0293. The van der Waals surface area contributed by atoms with Crippen molar-refractivity contribution in [2.24, 2.45) is 0 Å². The van der Waals surface area contributed by atoms with Gasteiger partial charge in [0.1, 0.15) is 21.1 Å². The maximum atomic E-state index is 15.4. The molecule has 204 valence electrons. The highest BCUT2D eigenvalue weighted by Crippen LogP contribution is 2.34. The van der Waals surface area contributed by atoms with Crippen molar-refractivity contribution >= 4 is 56.7 Å². The molecule has 0 aliphatic carbocycles. The Hall–Kier alpha value is -2.64. The third-order valence-corrected chi connectivity index (χ3v) is 7.58. The van der Waals surface area contributed by atoms with Crippen LogP contribution in [0.5, 0.6) is 0 Å². The van der Waals surface area contributed by atoms with Gasteiger partial charge in [-0.05, 0) is 60.1 Å². The molecule has 2 heterocycles. The normalized spacial score (nSPS) is 16.4. The van der Waals surface area contributed by atoms with Crippen LogP contribution in [0.3, 0.4) is 0 Å². The van der Waals surface area contributed by atoms with Crippen LogP contribution in [0.15, 0.2) is 27.9 Å². The molecule has 0 spiro atoms. The molecule has 10 nitrogen and oxygen atoms in total. The van der Waals surface area contributed by atoms with Crippen LogP contribution in [-0.2, 0) is 19.5 Å². The van der Waals surface area contributed by atoms with Gasteiger partial charge in [-0.15, -0.1) is 15.6 Å². The molecule has 1 aliphatic heterocycles. The molecule has 3 rings (SSSR count). The summed E-state index contributed by atoms with van der Waals surface area (Å²) in [4.78, 5) is 29.7. The van der Waals surface area contributed by atoms with Gasteiger partial charge in [0.2, 0.25) is 0 Å². The van der Waals surface area contributed by atoms with Gasteiger partial charge in [0.05, 0.1) is 11.2 Å². The van der Waals surface area contributed by atoms with E-state index in [9.17, 15) is 18.0 Å². The Morgan fingerprint density at radius 2 is 1.84 bits per heavy atom. The molecule has 1 atom stereocenters. The predicted octanol–water partition coefficient (Wildman–Crippen LogP) is 5.49. The number of carbonyl (C=O) groups excluding carboxylic acids is 2. The molecule has 2 aromatic rings. The third-order valence-electron chi connectivity index (χ3n) is 4.95. The molecule has 0 unspecified atom stereocenters. The van der Waals surface area contributed by atoms with E-state index in [1.54, 1.807) is 41.5 Å². The Balaban J connectivity index is 1.85. The minimum atomic E-state index is -4.78. The second-order valence-electron chi connectivity index (χ2n) is 10.4. The molecule has 1 saturated heterocycles. The van der Waals surface area contributed by atoms with Gasteiger partial charge >= 0.3 is 12.2 Å². The monoisotopic (exact) mass is 576 g/mol. The molecule has 0 saturated carbocycles. The number of aromatic nitrogens is 1. The Bertz CT molecular complexity index is 1260.